The predicted octanol–water partition coefficient (Wildman–Crippen LogP) is 0.462. The molecule has 1 saturated heterocycles. The molecule has 5 nitrogen and oxygen atoms in total. The molecule has 1 unspecified atom stereocenters. The van der Waals surface area contributed by atoms with E-state index in [1.807, 2.05) is 0 Å². The Kier molecular flexibility index (Phi) is 3.86. The zero-order valence-electron chi connectivity index (χ0n) is 9.54. The van der Waals surface area contributed by atoms with Crippen LogP contribution in [0.4, 0.5) is 5.82 Å². The minimum absolute atomic E-state index is 0.147. The molecule has 0 bridgehead atoms. The first-order valence-electron chi connectivity index (χ1n) is 5.71. The number of anilines is 1. The number of nitrogens with two attached hydrogens (primary N) is 1. The van der Waals surface area contributed by atoms with Gasteiger partial charge in [-0.3, -0.25) is 0 Å². The number of piperidine rings is 1. The fourth-order valence-corrected chi connectivity index (χ4v) is 2.19. The lowest BCUT2D eigenvalue weighted by molar-refractivity contribution is 0.239. The van der Waals surface area contributed by atoms with E-state index in [0.29, 0.717) is 5.69 Å². The van der Waals surface area contributed by atoms with Gasteiger partial charge in [0, 0.05) is 6.54 Å². The van der Waals surface area contributed by atoms with Crippen molar-refractivity contribution >= 4 is 23.0 Å². The van der Waals surface area contributed by atoms with E-state index in [-0.39, 0.29) is 17.6 Å². The van der Waals surface area contributed by atoms with Crippen LogP contribution in [0.25, 0.3) is 0 Å². The van der Waals surface area contributed by atoms with E-state index < -0.39 is 0 Å². The highest BCUT2D eigenvalue weighted by Crippen LogP contribution is 2.22. The largest absolute Gasteiger partial charge is 0.394 e. The molecule has 0 aliphatic carbocycles. The Balaban J connectivity index is 2.17. The van der Waals surface area contributed by atoms with Gasteiger partial charge < -0.3 is 15.7 Å². The average molecular weight is 252 g/mol. The van der Waals surface area contributed by atoms with Gasteiger partial charge in [0.2, 0.25) is 0 Å². The molecule has 1 aliphatic heterocycles. The highest BCUT2D eigenvalue weighted by molar-refractivity contribution is 7.80. The molecule has 92 valence electrons. The van der Waals surface area contributed by atoms with Crippen molar-refractivity contribution in [3.63, 3.8) is 0 Å². The van der Waals surface area contributed by atoms with E-state index in [0.717, 1.165) is 31.6 Å². The summed E-state index contributed by atoms with van der Waals surface area (Å²) in [7, 11) is 0. The first-order chi connectivity index (χ1) is 8.22. The SMILES string of the molecule is NC(=S)c1cnc(N2CCCCC2CO)cn1. The molecule has 6 heteroatoms. The highest BCUT2D eigenvalue weighted by atomic mass is 32.1. The molecule has 17 heavy (non-hydrogen) atoms. The van der Waals surface area contributed by atoms with Gasteiger partial charge in [-0.1, -0.05) is 12.2 Å². The monoisotopic (exact) mass is 252 g/mol. The lowest BCUT2D eigenvalue weighted by Crippen LogP contribution is -2.42. The van der Waals surface area contributed by atoms with Crippen LogP contribution in [0.3, 0.4) is 0 Å². The quantitative estimate of drug-likeness (QED) is 0.761. The maximum atomic E-state index is 9.33. The number of hydrogen-bond acceptors (Lipinski definition) is 5. The van der Waals surface area contributed by atoms with Crippen molar-refractivity contribution in [2.45, 2.75) is 25.3 Å². The predicted molar refractivity (Wildman–Crippen MR) is 70.0 cm³/mol. The molecule has 0 amide bonds. The van der Waals surface area contributed by atoms with Crippen molar-refractivity contribution in [1.29, 1.82) is 0 Å². The molecule has 1 fully saturated rings. The molecule has 1 aliphatic rings. The zero-order chi connectivity index (χ0) is 12.3. The van der Waals surface area contributed by atoms with Crippen LogP contribution >= 0.6 is 12.2 Å². The van der Waals surface area contributed by atoms with Gasteiger partial charge in [0.1, 0.15) is 16.5 Å². The van der Waals surface area contributed by atoms with Gasteiger partial charge in [-0.05, 0) is 19.3 Å². The topological polar surface area (TPSA) is 75.3 Å². The van der Waals surface area contributed by atoms with Crippen LogP contribution in [0, 0.1) is 0 Å². The Morgan fingerprint density at radius 2 is 2.29 bits per heavy atom. The van der Waals surface area contributed by atoms with E-state index in [9.17, 15) is 5.11 Å². The summed E-state index contributed by atoms with van der Waals surface area (Å²) in [5.74, 6) is 0.781. The summed E-state index contributed by atoms with van der Waals surface area (Å²) in [6.45, 7) is 1.06. The summed E-state index contributed by atoms with van der Waals surface area (Å²) in [5, 5.41) is 9.33. The number of aromatic nitrogens is 2. The summed E-state index contributed by atoms with van der Waals surface area (Å²) in [6.07, 6.45) is 6.52. The van der Waals surface area contributed by atoms with Gasteiger partial charge in [-0.25, -0.2) is 9.97 Å². The number of nitrogens with zero attached hydrogens (tertiary/aromatic N) is 3. The number of aliphatic hydroxyl groups is 1. The zero-order valence-corrected chi connectivity index (χ0v) is 10.4. The first kappa shape index (κ1) is 12.2. The van der Waals surface area contributed by atoms with Crippen LogP contribution in [0.2, 0.25) is 0 Å². The molecular weight excluding hydrogens is 236 g/mol. The molecule has 0 radical (unpaired) electrons. The van der Waals surface area contributed by atoms with Crippen LogP contribution in [0.5, 0.6) is 0 Å². The van der Waals surface area contributed by atoms with E-state index in [1.54, 1.807) is 12.4 Å². The van der Waals surface area contributed by atoms with Gasteiger partial charge in [0.15, 0.2) is 0 Å². The Morgan fingerprint density at radius 1 is 1.47 bits per heavy atom. The fourth-order valence-electron chi connectivity index (χ4n) is 2.09. The summed E-state index contributed by atoms with van der Waals surface area (Å²) in [4.78, 5) is 10.8. The van der Waals surface area contributed by atoms with Crippen LogP contribution in [-0.2, 0) is 0 Å². The molecule has 2 rings (SSSR count). The minimum atomic E-state index is 0.147. The van der Waals surface area contributed by atoms with Crippen molar-refractivity contribution < 1.29 is 5.11 Å². The standard InChI is InChI=1S/C11H16N4OS/c12-11(17)9-5-14-10(6-13-9)15-4-2-1-3-8(15)7-16/h5-6,8,16H,1-4,7H2,(H2,12,17). The molecule has 2 heterocycles. The second-order valence-corrected chi connectivity index (χ2v) is 4.59. The van der Waals surface area contributed by atoms with Gasteiger partial charge in [-0.2, -0.15) is 0 Å². The smallest absolute Gasteiger partial charge is 0.147 e. The normalized spacial score (nSPS) is 20.3. The third-order valence-electron chi connectivity index (χ3n) is 3.02. The minimum Gasteiger partial charge on any atom is -0.394 e. The average Bonchev–Trinajstić information content (AvgIpc) is 2.39. The number of aliphatic hydroxyl groups excluding tert-OH is 1. The Bertz CT molecular complexity index is 395. The van der Waals surface area contributed by atoms with Gasteiger partial charge in [0.05, 0.1) is 25.0 Å². The van der Waals surface area contributed by atoms with Crippen molar-refractivity contribution in [2.75, 3.05) is 18.1 Å². The maximum Gasteiger partial charge on any atom is 0.147 e. The third kappa shape index (κ3) is 2.70. The molecule has 0 aromatic carbocycles. The lowest BCUT2D eigenvalue weighted by atomic mass is 10.0. The van der Waals surface area contributed by atoms with Gasteiger partial charge >= 0.3 is 0 Å². The number of rotatable bonds is 3. The van der Waals surface area contributed by atoms with E-state index >= 15 is 0 Å². The lowest BCUT2D eigenvalue weighted by Gasteiger charge is -2.35. The van der Waals surface area contributed by atoms with Crippen molar-refractivity contribution in [3.05, 3.63) is 18.1 Å². The van der Waals surface area contributed by atoms with Crippen LogP contribution in [-0.4, -0.2) is 39.3 Å². The molecule has 1 atom stereocenters. The summed E-state index contributed by atoms with van der Waals surface area (Å²) >= 11 is 4.83. The summed E-state index contributed by atoms with van der Waals surface area (Å²) in [5.41, 5.74) is 6.00. The maximum absolute atomic E-state index is 9.33. The second-order valence-electron chi connectivity index (χ2n) is 4.15. The van der Waals surface area contributed by atoms with Gasteiger partial charge in [0.25, 0.3) is 0 Å². The van der Waals surface area contributed by atoms with Gasteiger partial charge in [-0.15, -0.1) is 0 Å². The highest BCUT2D eigenvalue weighted by Gasteiger charge is 2.22. The number of thiocarbonyl (C=S) groups is 1. The van der Waals surface area contributed by atoms with E-state index in [2.05, 4.69) is 14.9 Å². The summed E-state index contributed by atoms with van der Waals surface area (Å²) < 4.78 is 0. The van der Waals surface area contributed by atoms with Crippen molar-refractivity contribution in [1.82, 2.24) is 9.97 Å². The number of hydrogen-bond donors (Lipinski definition) is 2. The summed E-state index contributed by atoms with van der Waals surface area (Å²) in [6, 6.07) is 0.147. The Labute approximate surface area is 106 Å². The third-order valence-corrected chi connectivity index (χ3v) is 3.23. The first-order valence-corrected chi connectivity index (χ1v) is 6.12. The van der Waals surface area contributed by atoms with Crippen molar-refractivity contribution in [3.8, 4) is 0 Å². The molecule has 3 N–H and O–H groups in total. The molecule has 1 aromatic rings. The van der Waals surface area contributed by atoms with Crippen LogP contribution in [0.15, 0.2) is 12.4 Å². The fraction of sp³-hybridized carbons (Fsp3) is 0.545. The molecule has 1 aromatic heterocycles. The van der Waals surface area contributed by atoms with Crippen LogP contribution < -0.4 is 10.6 Å². The Morgan fingerprint density at radius 3 is 2.88 bits per heavy atom. The van der Waals surface area contributed by atoms with Crippen LogP contribution in [0.1, 0.15) is 25.0 Å². The molecular formula is C11H16N4OS. The Hall–Kier alpha value is -1.27. The van der Waals surface area contributed by atoms with E-state index in [1.165, 1.54) is 0 Å². The second kappa shape index (κ2) is 5.37. The van der Waals surface area contributed by atoms with E-state index in [4.69, 9.17) is 18.0 Å². The van der Waals surface area contributed by atoms with Crippen molar-refractivity contribution in [2.24, 2.45) is 5.73 Å². The molecule has 0 saturated carbocycles. The molecule has 0 spiro atoms.